The first kappa shape index (κ1) is 22.4. The van der Waals surface area contributed by atoms with Gasteiger partial charge in [0.2, 0.25) is 0 Å². The summed E-state index contributed by atoms with van der Waals surface area (Å²) in [6.07, 6.45) is 1.75. The lowest BCUT2D eigenvalue weighted by Crippen LogP contribution is -2.01. The summed E-state index contributed by atoms with van der Waals surface area (Å²) in [5.41, 5.74) is 6.31. The van der Waals surface area contributed by atoms with E-state index in [9.17, 15) is 4.39 Å². The molecular weight excluding hydrogens is 435 g/mol. The van der Waals surface area contributed by atoms with E-state index in [1.807, 2.05) is 55.5 Å². The van der Waals surface area contributed by atoms with Gasteiger partial charge in [0.1, 0.15) is 11.6 Å². The summed E-state index contributed by atoms with van der Waals surface area (Å²) in [6, 6.07) is 37.2. The zero-order valence-electron chi connectivity index (χ0n) is 19.4. The van der Waals surface area contributed by atoms with Crippen molar-refractivity contribution in [3.05, 3.63) is 127 Å². The maximum absolute atomic E-state index is 14.3. The first-order valence-electron chi connectivity index (χ1n) is 11.6. The fourth-order valence-electron chi connectivity index (χ4n) is 4.16. The molecule has 0 atom stereocenters. The molecular formula is C31H25FN2O. The summed E-state index contributed by atoms with van der Waals surface area (Å²) in [7, 11) is 0. The van der Waals surface area contributed by atoms with E-state index in [1.54, 1.807) is 24.4 Å². The predicted molar refractivity (Wildman–Crippen MR) is 141 cm³/mol. The normalized spacial score (nSPS) is 11.1. The van der Waals surface area contributed by atoms with Crippen molar-refractivity contribution >= 4 is 11.9 Å². The summed E-state index contributed by atoms with van der Waals surface area (Å²) in [5, 5.41) is 0. The maximum Gasteiger partial charge on any atom is 0.148 e. The standard InChI is InChI=1S/C31H25FN2O/c1-2-35-27-19-17-26(18-20-27)34-30(23-11-5-3-6-12-23)21-25(31(34)24-13-7-4-8-14-24)22-33-29-16-10-9-15-28(29)32/h3-22H,2H2,1H3. The molecule has 0 saturated carbocycles. The minimum Gasteiger partial charge on any atom is -0.494 e. The van der Waals surface area contributed by atoms with Gasteiger partial charge < -0.3 is 9.30 Å². The van der Waals surface area contributed by atoms with Crippen LogP contribution in [0.5, 0.6) is 5.75 Å². The average molecular weight is 461 g/mol. The van der Waals surface area contributed by atoms with Gasteiger partial charge in [-0.15, -0.1) is 0 Å². The molecule has 0 radical (unpaired) electrons. The van der Waals surface area contributed by atoms with E-state index in [4.69, 9.17) is 4.74 Å². The number of halogens is 1. The first-order chi connectivity index (χ1) is 17.2. The number of para-hydroxylation sites is 1. The Morgan fingerprint density at radius 1 is 0.771 bits per heavy atom. The van der Waals surface area contributed by atoms with Crippen molar-refractivity contribution in [2.75, 3.05) is 6.61 Å². The number of benzene rings is 4. The molecule has 0 aliphatic rings. The molecule has 0 bridgehead atoms. The number of hydrogen-bond acceptors (Lipinski definition) is 2. The summed E-state index contributed by atoms with van der Waals surface area (Å²) < 4.78 is 22.2. The van der Waals surface area contributed by atoms with Crippen molar-refractivity contribution in [3.63, 3.8) is 0 Å². The van der Waals surface area contributed by atoms with Crippen LogP contribution in [0.25, 0.3) is 28.2 Å². The molecule has 5 rings (SSSR count). The van der Waals surface area contributed by atoms with Crippen molar-refractivity contribution in [3.8, 4) is 34.0 Å². The van der Waals surface area contributed by atoms with Crippen LogP contribution in [0.1, 0.15) is 12.5 Å². The molecule has 0 aliphatic heterocycles. The second-order valence-corrected chi connectivity index (χ2v) is 8.04. The Morgan fingerprint density at radius 2 is 1.40 bits per heavy atom. The lowest BCUT2D eigenvalue weighted by Gasteiger charge is -2.15. The third-order valence-corrected chi connectivity index (χ3v) is 5.75. The topological polar surface area (TPSA) is 26.5 Å². The van der Waals surface area contributed by atoms with E-state index >= 15 is 0 Å². The Kier molecular flexibility index (Phi) is 6.53. The molecule has 3 nitrogen and oxygen atoms in total. The van der Waals surface area contributed by atoms with Gasteiger partial charge in [-0.2, -0.15) is 0 Å². The second kappa shape index (κ2) is 10.2. The molecule has 0 spiro atoms. The second-order valence-electron chi connectivity index (χ2n) is 8.04. The van der Waals surface area contributed by atoms with E-state index in [0.29, 0.717) is 12.3 Å². The van der Waals surface area contributed by atoms with Crippen molar-refractivity contribution in [2.24, 2.45) is 4.99 Å². The van der Waals surface area contributed by atoms with Crippen molar-refractivity contribution in [2.45, 2.75) is 6.92 Å². The molecule has 4 aromatic carbocycles. The Bertz CT molecular complexity index is 1440. The molecule has 0 aliphatic carbocycles. The number of ether oxygens (including phenoxy) is 1. The number of nitrogens with zero attached hydrogens (tertiary/aromatic N) is 2. The number of hydrogen-bond donors (Lipinski definition) is 0. The van der Waals surface area contributed by atoms with Crippen LogP contribution in [0, 0.1) is 5.82 Å². The smallest absolute Gasteiger partial charge is 0.148 e. The van der Waals surface area contributed by atoms with Crippen LogP contribution in [0.3, 0.4) is 0 Å². The van der Waals surface area contributed by atoms with Gasteiger partial charge in [-0.1, -0.05) is 72.8 Å². The van der Waals surface area contributed by atoms with Gasteiger partial charge in [0, 0.05) is 17.5 Å². The highest BCUT2D eigenvalue weighted by Gasteiger charge is 2.19. The monoisotopic (exact) mass is 460 g/mol. The molecule has 0 saturated heterocycles. The maximum atomic E-state index is 14.3. The molecule has 0 unspecified atom stereocenters. The van der Waals surface area contributed by atoms with Crippen LogP contribution in [-0.4, -0.2) is 17.4 Å². The van der Waals surface area contributed by atoms with Gasteiger partial charge in [0.25, 0.3) is 0 Å². The van der Waals surface area contributed by atoms with Gasteiger partial charge in [0.15, 0.2) is 0 Å². The Morgan fingerprint density at radius 3 is 2.06 bits per heavy atom. The summed E-state index contributed by atoms with van der Waals surface area (Å²) in [6.45, 7) is 2.59. The summed E-state index contributed by atoms with van der Waals surface area (Å²) in [4.78, 5) is 4.51. The molecule has 0 N–H and O–H groups in total. The van der Waals surface area contributed by atoms with Gasteiger partial charge in [0.05, 0.1) is 23.7 Å². The molecule has 0 amide bonds. The van der Waals surface area contributed by atoms with Crippen LogP contribution >= 0.6 is 0 Å². The average Bonchev–Trinajstić information content (AvgIpc) is 3.29. The summed E-state index contributed by atoms with van der Waals surface area (Å²) >= 11 is 0. The number of aliphatic imine (C=N–C) groups is 1. The van der Waals surface area contributed by atoms with Crippen molar-refractivity contribution < 1.29 is 9.13 Å². The third-order valence-electron chi connectivity index (χ3n) is 5.75. The van der Waals surface area contributed by atoms with Crippen molar-refractivity contribution in [1.82, 2.24) is 4.57 Å². The van der Waals surface area contributed by atoms with E-state index in [1.165, 1.54) is 6.07 Å². The van der Waals surface area contributed by atoms with Crippen LogP contribution < -0.4 is 4.74 Å². The third kappa shape index (κ3) is 4.78. The van der Waals surface area contributed by atoms with Gasteiger partial charge >= 0.3 is 0 Å². The molecule has 35 heavy (non-hydrogen) atoms. The van der Waals surface area contributed by atoms with E-state index in [2.05, 4.69) is 52.0 Å². The quantitative estimate of drug-likeness (QED) is 0.225. The van der Waals surface area contributed by atoms with Crippen molar-refractivity contribution in [1.29, 1.82) is 0 Å². The highest BCUT2D eigenvalue weighted by molar-refractivity contribution is 5.94. The van der Waals surface area contributed by atoms with E-state index in [0.717, 1.165) is 39.5 Å². The lowest BCUT2D eigenvalue weighted by molar-refractivity contribution is 0.340. The minimum absolute atomic E-state index is 0.307. The van der Waals surface area contributed by atoms with Gasteiger partial charge in [-0.25, -0.2) is 4.39 Å². The van der Waals surface area contributed by atoms with Crippen LogP contribution in [0.15, 0.2) is 120 Å². The van der Waals surface area contributed by atoms with E-state index in [-0.39, 0.29) is 5.82 Å². The highest BCUT2D eigenvalue weighted by atomic mass is 19.1. The zero-order valence-corrected chi connectivity index (χ0v) is 19.4. The molecule has 4 heteroatoms. The minimum atomic E-state index is -0.348. The van der Waals surface area contributed by atoms with Crippen LogP contribution in [-0.2, 0) is 0 Å². The van der Waals surface area contributed by atoms with E-state index < -0.39 is 0 Å². The first-order valence-corrected chi connectivity index (χ1v) is 11.6. The largest absolute Gasteiger partial charge is 0.494 e. The molecule has 0 fully saturated rings. The van der Waals surface area contributed by atoms with Gasteiger partial charge in [-0.05, 0) is 60.5 Å². The molecule has 1 aromatic heterocycles. The fraction of sp³-hybridized carbons (Fsp3) is 0.0645. The number of aromatic nitrogens is 1. The Balaban J connectivity index is 1.75. The number of rotatable bonds is 7. The van der Waals surface area contributed by atoms with Gasteiger partial charge in [-0.3, -0.25) is 4.99 Å². The van der Waals surface area contributed by atoms with Crippen LogP contribution in [0.2, 0.25) is 0 Å². The molecule has 1 heterocycles. The fourth-order valence-corrected chi connectivity index (χ4v) is 4.16. The SMILES string of the molecule is CCOc1ccc(-n2c(-c3ccccc3)cc(C=Nc3ccccc3F)c2-c2ccccc2)cc1. The van der Waals surface area contributed by atoms with Crippen LogP contribution in [0.4, 0.5) is 10.1 Å². The summed E-state index contributed by atoms with van der Waals surface area (Å²) in [5.74, 6) is 0.478. The zero-order chi connectivity index (χ0) is 24.0. The lowest BCUT2D eigenvalue weighted by atomic mass is 10.1. The molecule has 172 valence electrons. The molecule has 5 aromatic rings. The Hall–Kier alpha value is -4.44. The highest BCUT2D eigenvalue weighted by Crippen LogP contribution is 2.36. The predicted octanol–water partition coefficient (Wildman–Crippen LogP) is 8.10. The Labute approximate surface area is 204 Å².